The monoisotopic (exact) mass is 213 g/mol. The minimum absolute atomic E-state index is 0. The van der Waals surface area contributed by atoms with Gasteiger partial charge in [-0.05, 0) is 12.3 Å². The molecule has 0 bridgehead atoms. The number of rotatable bonds is 4. The molecule has 66 valence electrons. The summed E-state index contributed by atoms with van der Waals surface area (Å²) in [7, 11) is 2.84. The van der Waals surface area contributed by atoms with E-state index >= 15 is 0 Å². The zero-order chi connectivity index (χ0) is 7.94. The van der Waals surface area contributed by atoms with Crippen molar-refractivity contribution in [1.82, 2.24) is 0 Å². The van der Waals surface area contributed by atoms with Crippen molar-refractivity contribution in [3.8, 4) is 0 Å². The molecule has 0 aromatic carbocycles. The van der Waals surface area contributed by atoms with Gasteiger partial charge in [0, 0.05) is 5.75 Å². The van der Waals surface area contributed by atoms with Crippen LogP contribution in [0.1, 0.15) is 38.5 Å². The molecular formula is C8H16NNaS2. The van der Waals surface area contributed by atoms with Gasteiger partial charge in [0.15, 0.2) is 0 Å². The van der Waals surface area contributed by atoms with Crippen LogP contribution in [-0.2, 0) is 0 Å². The van der Waals surface area contributed by atoms with Gasteiger partial charge in [-0.1, -0.05) is 32.1 Å². The van der Waals surface area contributed by atoms with E-state index in [1.165, 1.54) is 44.3 Å². The Balaban J connectivity index is 0.00000121. The normalized spacial score (nSPS) is 18.8. The molecule has 0 amide bonds. The summed E-state index contributed by atoms with van der Waals surface area (Å²) in [6.07, 6.45) is 8.59. The number of nitrogens with one attached hydrogen (secondary N) is 1. The average molecular weight is 213 g/mol. The first kappa shape index (κ1) is 13.7. The molecule has 1 fully saturated rings. The van der Waals surface area contributed by atoms with Gasteiger partial charge >= 0.3 is 29.6 Å². The molecule has 1 aliphatic carbocycles. The molecule has 1 aliphatic rings. The molecule has 1 rings (SSSR count). The Bertz CT molecular complexity index is 97.1. The van der Waals surface area contributed by atoms with Crippen molar-refractivity contribution in [3.63, 3.8) is 0 Å². The van der Waals surface area contributed by atoms with Gasteiger partial charge in [-0.2, -0.15) is 0 Å². The van der Waals surface area contributed by atoms with Crippen LogP contribution in [0.15, 0.2) is 0 Å². The molecule has 0 aromatic rings. The van der Waals surface area contributed by atoms with Crippen molar-refractivity contribution in [2.45, 2.75) is 38.5 Å². The molecule has 0 heterocycles. The fraction of sp³-hybridized carbons (Fsp3) is 1.00. The van der Waals surface area contributed by atoms with Gasteiger partial charge in [0.05, 0.1) is 0 Å². The average Bonchev–Trinajstić information content (AvgIpc) is 2.07. The summed E-state index contributed by atoms with van der Waals surface area (Å²) in [5.74, 6) is 2.17. The first-order chi connectivity index (χ1) is 5.43. The van der Waals surface area contributed by atoms with Crippen LogP contribution >= 0.6 is 21.8 Å². The van der Waals surface area contributed by atoms with Crippen LogP contribution in [0.5, 0.6) is 0 Å². The molecule has 0 unspecified atom stereocenters. The van der Waals surface area contributed by atoms with Crippen LogP contribution < -0.4 is 29.6 Å². The van der Waals surface area contributed by atoms with Gasteiger partial charge in [-0.15, -0.1) is 10.8 Å². The maximum absolute atomic E-state index is 6.90. The van der Waals surface area contributed by atoms with Gasteiger partial charge in [-0.25, -0.2) is 11.0 Å². The molecule has 0 atom stereocenters. The summed E-state index contributed by atoms with van der Waals surface area (Å²) in [6.45, 7) is 0. The molecule has 4 heteroatoms. The van der Waals surface area contributed by atoms with Crippen LogP contribution in [0.3, 0.4) is 0 Å². The molecule has 0 radical (unpaired) electrons. The van der Waals surface area contributed by atoms with Crippen molar-refractivity contribution in [2.24, 2.45) is 5.92 Å². The van der Waals surface area contributed by atoms with E-state index in [0.29, 0.717) is 0 Å². The topological polar surface area (TPSA) is 23.8 Å². The van der Waals surface area contributed by atoms with E-state index in [9.17, 15) is 0 Å². The maximum Gasteiger partial charge on any atom is 1.00 e. The Morgan fingerprint density at radius 1 is 1.17 bits per heavy atom. The van der Waals surface area contributed by atoms with Crippen LogP contribution in [0, 0.1) is 5.92 Å². The van der Waals surface area contributed by atoms with Gasteiger partial charge in [0.25, 0.3) is 0 Å². The van der Waals surface area contributed by atoms with Gasteiger partial charge in [0.1, 0.15) is 0 Å². The van der Waals surface area contributed by atoms with Crippen molar-refractivity contribution in [2.75, 3.05) is 5.75 Å². The van der Waals surface area contributed by atoms with E-state index in [1.54, 1.807) is 10.8 Å². The summed E-state index contributed by atoms with van der Waals surface area (Å²) < 4.78 is 0. The van der Waals surface area contributed by atoms with Crippen molar-refractivity contribution in [3.05, 3.63) is 5.14 Å². The third-order valence-electron chi connectivity index (χ3n) is 2.39. The second kappa shape index (κ2) is 9.22. The molecule has 0 saturated heterocycles. The van der Waals surface area contributed by atoms with E-state index in [0.717, 1.165) is 16.9 Å². The quantitative estimate of drug-likeness (QED) is 0.304. The first-order valence-electron chi connectivity index (χ1n) is 4.38. The smallest absolute Gasteiger partial charge is 0.612 e. The fourth-order valence-electron chi connectivity index (χ4n) is 1.73. The summed E-state index contributed by atoms with van der Waals surface area (Å²) in [5, 5.41) is 6.90. The fourth-order valence-corrected chi connectivity index (χ4v) is 2.78. The minimum atomic E-state index is 0. The van der Waals surface area contributed by atoms with E-state index in [4.69, 9.17) is 5.14 Å². The van der Waals surface area contributed by atoms with Crippen LogP contribution in [0.4, 0.5) is 0 Å². The molecule has 1 nitrogen and oxygen atoms in total. The largest absolute Gasteiger partial charge is 1.00 e. The maximum atomic E-state index is 6.90. The Labute approximate surface area is 106 Å². The minimum Gasteiger partial charge on any atom is -0.612 e. The summed E-state index contributed by atoms with van der Waals surface area (Å²) in [5.41, 5.74) is 0. The van der Waals surface area contributed by atoms with Crippen molar-refractivity contribution in [1.29, 1.82) is 0 Å². The second-order valence-corrected chi connectivity index (χ2v) is 5.22. The molecule has 12 heavy (non-hydrogen) atoms. The Morgan fingerprint density at radius 3 is 2.42 bits per heavy atom. The van der Waals surface area contributed by atoms with E-state index in [1.807, 2.05) is 0 Å². The van der Waals surface area contributed by atoms with Crippen LogP contribution in [-0.4, -0.2) is 5.75 Å². The van der Waals surface area contributed by atoms with Crippen molar-refractivity contribution < 1.29 is 29.6 Å². The Kier molecular flexibility index (Phi) is 10.5. The molecule has 0 aromatic heterocycles. The zero-order valence-corrected chi connectivity index (χ0v) is 11.5. The predicted octanol–water partition coefficient (Wildman–Crippen LogP) is 1.31. The van der Waals surface area contributed by atoms with Gasteiger partial charge in [0.2, 0.25) is 0 Å². The standard InChI is InChI=1S/C8H16NS2.Na/c9-11-10-7-6-8-4-2-1-3-5-8;/h8-9H,1-7H2;/q-1;+1. The molecule has 0 aliphatic heterocycles. The SMILES string of the molecule is [NH-]SSCCC1CCCCC1.[Na+]. The predicted molar refractivity (Wildman–Crippen MR) is 55.6 cm³/mol. The van der Waals surface area contributed by atoms with E-state index < -0.39 is 0 Å². The number of hydrogen-bond donors (Lipinski definition) is 0. The van der Waals surface area contributed by atoms with Crippen molar-refractivity contribution >= 4 is 21.8 Å². The molecule has 1 N–H and O–H groups in total. The summed E-state index contributed by atoms with van der Waals surface area (Å²) in [6, 6.07) is 0. The Hall–Kier alpha value is 1.66. The van der Waals surface area contributed by atoms with Crippen LogP contribution in [0.25, 0.3) is 5.14 Å². The Morgan fingerprint density at radius 2 is 1.83 bits per heavy atom. The van der Waals surface area contributed by atoms with Gasteiger partial charge in [-0.3, -0.25) is 0 Å². The summed E-state index contributed by atoms with van der Waals surface area (Å²) in [4.78, 5) is 0. The molecule has 1 saturated carbocycles. The first-order valence-corrected chi connectivity index (χ1v) is 6.70. The third-order valence-corrected chi connectivity index (χ3v) is 3.77. The zero-order valence-electron chi connectivity index (χ0n) is 7.84. The second-order valence-electron chi connectivity index (χ2n) is 3.20. The number of hydrogen-bond acceptors (Lipinski definition) is 2. The summed E-state index contributed by atoms with van der Waals surface area (Å²) >= 11 is 0. The van der Waals surface area contributed by atoms with Gasteiger partial charge < -0.3 is 5.14 Å². The third kappa shape index (κ3) is 6.17. The van der Waals surface area contributed by atoms with E-state index in [2.05, 4.69) is 0 Å². The van der Waals surface area contributed by atoms with E-state index in [-0.39, 0.29) is 29.6 Å². The molecule has 0 spiro atoms. The molecular weight excluding hydrogens is 197 g/mol. The van der Waals surface area contributed by atoms with Crippen LogP contribution in [0.2, 0.25) is 0 Å².